The van der Waals surface area contributed by atoms with Gasteiger partial charge in [0, 0.05) is 24.5 Å². The molecule has 0 aliphatic carbocycles. The number of aromatic hydroxyl groups is 3. The maximum Gasteiger partial charge on any atom is 0.176 e. The first-order valence-electron chi connectivity index (χ1n) is 8.45. The van der Waals surface area contributed by atoms with E-state index in [1.54, 1.807) is 18.2 Å². The third-order valence-electron chi connectivity index (χ3n) is 5.01. The number of benzene rings is 2. The van der Waals surface area contributed by atoms with Crippen LogP contribution in [0.2, 0.25) is 5.02 Å². The van der Waals surface area contributed by atoms with Crippen molar-refractivity contribution in [1.29, 1.82) is 0 Å². The maximum absolute atomic E-state index is 10.1. The Hall–Kier alpha value is -1.91. The van der Waals surface area contributed by atoms with Crippen molar-refractivity contribution < 1.29 is 15.3 Å². The number of hydrogen-bond acceptors (Lipinski definition) is 4. The van der Waals surface area contributed by atoms with Gasteiger partial charge < -0.3 is 15.3 Å². The summed E-state index contributed by atoms with van der Waals surface area (Å²) in [7, 11) is 0. The summed E-state index contributed by atoms with van der Waals surface area (Å²) in [5.41, 5.74) is 2.82. The molecule has 0 radical (unpaired) electrons. The molecule has 2 aromatic rings. The normalized spacial score (nSPS) is 18.6. The molecule has 25 heavy (non-hydrogen) atoms. The Morgan fingerprint density at radius 3 is 2.32 bits per heavy atom. The Morgan fingerprint density at radius 2 is 1.72 bits per heavy atom. The van der Waals surface area contributed by atoms with Crippen molar-refractivity contribution in [3.63, 3.8) is 0 Å². The Labute approximate surface area is 153 Å². The zero-order valence-corrected chi connectivity index (χ0v) is 15.5. The third-order valence-corrected chi connectivity index (χ3v) is 5.42. The highest BCUT2D eigenvalue weighted by Crippen LogP contribution is 2.44. The molecule has 1 unspecified atom stereocenters. The van der Waals surface area contributed by atoms with Crippen molar-refractivity contribution in [2.24, 2.45) is 0 Å². The van der Waals surface area contributed by atoms with Crippen LogP contribution in [0, 0.1) is 0 Å². The number of nitrogens with zero attached hydrogens (tertiary/aromatic N) is 1. The number of rotatable bonds is 1. The summed E-state index contributed by atoms with van der Waals surface area (Å²) >= 11 is 6.36. The molecule has 1 atom stereocenters. The molecule has 0 saturated carbocycles. The number of halogens is 1. The Kier molecular flexibility index (Phi) is 4.60. The quantitative estimate of drug-likeness (QED) is 0.664. The first-order valence-corrected chi connectivity index (χ1v) is 8.83. The van der Waals surface area contributed by atoms with Crippen LogP contribution in [-0.4, -0.2) is 38.8 Å². The molecule has 0 amide bonds. The molecular formula is C20H24ClNO3. The summed E-state index contributed by atoms with van der Waals surface area (Å²) in [6.45, 7) is 8.10. The summed E-state index contributed by atoms with van der Waals surface area (Å²) < 4.78 is 0. The molecule has 4 nitrogen and oxygen atoms in total. The van der Waals surface area contributed by atoms with Crippen molar-refractivity contribution in [1.82, 2.24) is 4.90 Å². The van der Waals surface area contributed by atoms with Crippen LogP contribution >= 0.6 is 11.6 Å². The van der Waals surface area contributed by atoms with Crippen LogP contribution in [0.5, 0.6) is 17.2 Å². The number of hydrogen-bond donors (Lipinski definition) is 3. The lowest BCUT2D eigenvalue weighted by Crippen LogP contribution is -2.43. The monoisotopic (exact) mass is 361 g/mol. The average molecular weight is 362 g/mol. The van der Waals surface area contributed by atoms with Crippen molar-refractivity contribution in [2.45, 2.75) is 38.6 Å². The van der Waals surface area contributed by atoms with Crippen LogP contribution in [0.3, 0.4) is 0 Å². The van der Waals surface area contributed by atoms with Gasteiger partial charge in [-0.25, -0.2) is 0 Å². The van der Waals surface area contributed by atoms with E-state index < -0.39 is 0 Å². The van der Waals surface area contributed by atoms with Crippen LogP contribution in [0.1, 0.15) is 43.4 Å². The van der Waals surface area contributed by atoms with Crippen molar-refractivity contribution in [3.05, 3.63) is 52.0 Å². The molecule has 0 spiro atoms. The Morgan fingerprint density at radius 1 is 1.08 bits per heavy atom. The van der Waals surface area contributed by atoms with Gasteiger partial charge in [-0.1, -0.05) is 23.7 Å². The first-order chi connectivity index (χ1) is 11.7. The molecule has 1 aliphatic heterocycles. The smallest absolute Gasteiger partial charge is 0.176 e. The van der Waals surface area contributed by atoms with Crippen molar-refractivity contribution >= 4 is 11.6 Å². The van der Waals surface area contributed by atoms with E-state index in [0.717, 1.165) is 29.8 Å². The lowest BCUT2D eigenvalue weighted by molar-refractivity contribution is 0.138. The van der Waals surface area contributed by atoms with Gasteiger partial charge in [0.1, 0.15) is 5.75 Å². The van der Waals surface area contributed by atoms with E-state index in [4.69, 9.17) is 11.6 Å². The zero-order chi connectivity index (χ0) is 18.4. The van der Waals surface area contributed by atoms with Gasteiger partial charge in [-0.05, 0) is 62.1 Å². The lowest BCUT2D eigenvalue weighted by Gasteiger charge is -2.36. The van der Waals surface area contributed by atoms with Gasteiger partial charge in [-0.3, -0.25) is 4.90 Å². The van der Waals surface area contributed by atoms with E-state index in [0.29, 0.717) is 6.42 Å². The highest BCUT2D eigenvalue weighted by Gasteiger charge is 2.32. The largest absolute Gasteiger partial charge is 0.508 e. The van der Waals surface area contributed by atoms with Crippen LogP contribution in [-0.2, 0) is 6.42 Å². The second kappa shape index (κ2) is 6.43. The molecule has 3 rings (SSSR count). The fourth-order valence-electron chi connectivity index (χ4n) is 3.51. The standard InChI is InChI=1S/C20H24ClNO3/c1-20(2,3)22-9-8-14-15(10-17(24)19(25)18(14)21)16(11-22)12-4-6-13(23)7-5-12/h4-7,10,16,23-25H,8-9,11H2,1-3H3. The zero-order valence-electron chi connectivity index (χ0n) is 14.8. The highest BCUT2D eigenvalue weighted by molar-refractivity contribution is 6.33. The average Bonchev–Trinajstić information content (AvgIpc) is 2.73. The molecule has 1 heterocycles. The maximum atomic E-state index is 10.1. The fraction of sp³-hybridized carbons (Fsp3) is 0.400. The molecule has 1 aliphatic rings. The van der Waals surface area contributed by atoms with Gasteiger partial charge in [0.15, 0.2) is 11.5 Å². The predicted octanol–water partition coefficient (Wildman–Crippen LogP) is 4.25. The molecule has 5 heteroatoms. The second-order valence-corrected chi connectivity index (χ2v) is 8.01. The minimum atomic E-state index is -0.255. The molecular weight excluding hydrogens is 338 g/mol. The molecule has 0 aromatic heterocycles. The number of phenolic OH excluding ortho intramolecular Hbond substituents is 3. The second-order valence-electron chi connectivity index (χ2n) is 7.64. The van der Waals surface area contributed by atoms with Gasteiger partial charge in [-0.2, -0.15) is 0 Å². The van der Waals surface area contributed by atoms with Crippen molar-refractivity contribution in [2.75, 3.05) is 13.1 Å². The molecule has 0 fully saturated rings. The molecule has 3 N–H and O–H groups in total. The fourth-order valence-corrected chi connectivity index (χ4v) is 3.81. The van der Waals surface area contributed by atoms with E-state index >= 15 is 0 Å². The summed E-state index contributed by atoms with van der Waals surface area (Å²) in [5, 5.41) is 30.0. The van der Waals surface area contributed by atoms with E-state index in [1.165, 1.54) is 0 Å². The minimum Gasteiger partial charge on any atom is -0.508 e. The summed E-state index contributed by atoms with van der Waals surface area (Å²) in [4.78, 5) is 2.38. The van der Waals surface area contributed by atoms with E-state index in [9.17, 15) is 15.3 Å². The van der Waals surface area contributed by atoms with Crippen molar-refractivity contribution in [3.8, 4) is 17.2 Å². The van der Waals surface area contributed by atoms with Gasteiger partial charge in [0.25, 0.3) is 0 Å². The van der Waals surface area contributed by atoms with Gasteiger partial charge in [0.2, 0.25) is 0 Å². The van der Waals surface area contributed by atoms with Crippen LogP contribution in [0.15, 0.2) is 30.3 Å². The predicted molar refractivity (Wildman–Crippen MR) is 99.8 cm³/mol. The Bertz CT molecular complexity index is 781. The summed E-state index contributed by atoms with van der Waals surface area (Å²) in [6.07, 6.45) is 0.702. The third kappa shape index (κ3) is 3.42. The minimum absolute atomic E-state index is 0.0127. The van der Waals surface area contributed by atoms with Crippen LogP contribution in [0.25, 0.3) is 0 Å². The van der Waals surface area contributed by atoms with Crippen LogP contribution < -0.4 is 0 Å². The summed E-state index contributed by atoms with van der Waals surface area (Å²) in [5.74, 6) is -0.246. The molecule has 0 bridgehead atoms. The van der Waals surface area contributed by atoms with Gasteiger partial charge in [-0.15, -0.1) is 0 Å². The van der Waals surface area contributed by atoms with Gasteiger partial charge >= 0.3 is 0 Å². The Balaban J connectivity index is 2.16. The van der Waals surface area contributed by atoms with Crippen LogP contribution in [0.4, 0.5) is 0 Å². The molecule has 134 valence electrons. The summed E-state index contributed by atoms with van der Waals surface area (Å²) in [6, 6.07) is 8.76. The molecule has 2 aromatic carbocycles. The lowest BCUT2D eigenvalue weighted by atomic mass is 9.87. The molecule has 0 saturated heterocycles. The van der Waals surface area contributed by atoms with Gasteiger partial charge in [0.05, 0.1) is 5.02 Å². The first kappa shape index (κ1) is 17.9. The topological polar surface area (TPSA) is 63.9 Å². The van der Waals surface area contributed by atoms with E-state index in [1.807, 2.05) is 12.1 Å². The number of fused-ring (bicyclic) bond motifs is 1. The van der Waals surface area contributed by atoms with E-state index in [2.05, 4.69) is 25.7 Å². The highest BCUT2D eigenvalue weighted by atomic mass is 35.5. The SMILES string of the molecule is CC(C)(C)N1CCc2c(cc(O)c(O)c2Cl)C(c2ccc(O)cc2)C1. The van der Waals surface area contributed by atoms with E-state index in [-0.39, 0.29) is 33.7 Å². The number of phenols is 3.